The number of nitrogens with one attached hydrogen (secondary N) is 1. The van der Waals surface area contributed by atoms with E-state index in [1.54, 1.807) is 7.11 Å². The van der Waals surface area contributed by atoms with E-state index in [9.17, 15) is 0 Å². The Kier molecular flexibility index (Phi) is 4.31. The standard InChI is InChI=1S/C17H24N2O/c1-17(2,3)16(19-18)10-13-7-5-6-12-8-9-14(20-4)11-15(12)13/h5-9,11,16,19H,10,18H2,1-4H3. The Hall–Kier alpha value is -1.58. The van der Waals surface area contributed by atoms with Crippen LogP contribution in [-0.2, 0) is 6.42 Å². The van der Waals surface area contributed by atoms with Gasteiger partial charge in [-0.25, -0.2) is 0 Å². The number of hydrogen-bond acceptors (Lipinski definition) is 3. The van der Waals surface area contributed by atoms with Gasteiger partial charge in [-0.1, -0.05) is 45.0 Å². The number of ether oxygens (including phenoxy) is 1. The molecule has 0 saturated heterocycles. The molecule has 1 atom stereocenters. The first-order chi connectivity index (χ1) is 9.45. The number of hydrogen-bond donors (Lipinski definition) is 2. The maximum Gasteiger partial charge on any atom is 0.119 e. The number of rotatable bonds is 4. The summed E-state index contributed by atoms with van der Waals surface area (Å²) in [6, 6.07) is 12.8. The van der Waals surface area contributed by atoms with Gasteiger partial charge in [-0.15, -0.1) is 0 Å². The van der Waals surface area contributed by atoms with Crippen molar-refractivity contribution in [2.45, 2.75) is 33.2 Å². The average Bonchev–Trinajstić information content (AvgIpc) is 2.42. The molecule has 1 unspecified atom stereocenters. The first-order valence-electron chi connectivity index (χ1n) is 6.97. The molecular weight excluding hydrogens is 248 g/mol. The van der Waals surface area contributed by atoms with E-state index in [4.69, 9.17) is 10.6 Å². The van der Waals surface area contributed by atoms with Crippen LogP contribution < -0.4 is 16.0 Å². The number of hydrazine groups is 1. The fourth-order valence-corrected chi connectivity index (χ4v) is 2.46. The maximum absolute atomic E-state index is 5.73. The lowest BCUT2D eigenvalue weighted by Gasteiger charge is -2.30. The highest BCUT2D eigenvalue weighted by Crippen LogP contribution is 2.28. The van der Waals surface area contributed by atoms with Crippen molar-refractivity contribution in [3.63, 3.8) is 0 Å². The largest absolute Gasteiger partial charge is 0.497 e. The van der Waals surface area contributed by atoms with E-state index in [2.05, 4.69) is 56.5 Å². The van der Waals surface area contributed by atoms with Crippen molar-refractivity contribution in [1.29, 1.82) is 0 Å². The quantitative estimate of drug-likeness (QED) is 0.663. The molecule has 0 heterocycles. The van der Waals surface area contributed by atoms with Gasteiger partial charge in [-0.3, -0.25) is 11.3 Å². The molecule has 0 bridgehead atoms. The van der Waals surface area contributed by atoms with Gasteiger partial charge >= 0.3 is 0 Å². The second-order valence-electron chi connectivity index (χ2n) is 6.29. The summed E-state index contributed by atoms with van der Waals surface area (Å²) in [5.74, 6) is 6.62. The van der Waals surface area contributed by atoms with E-state index in [0.717, 1.165) is 12.2 Å². The van der Waals surface area contributed by atoms with Gasteiger partial charge in [0.1, 0.15) is 5.75 Å². The smallest absolute Gasteiger partial charge is 0.119 e. The third-order valence-electron chi connectivity index (χ3n) is 3.85. The van der Waals surface area contributed by atoms with Crippen molar-refractivity contribution in [2.75, 3.05) is 7.11 Å². The van der Waals surface area contributed by atoms with Gasteiger partial charge in [0.15, 0.2) is 0 Å². The summed E-state index contributed by atoms with van der Waals surface area (Å²) < 4.78 is 5.34. The SMILES string of the molecule is COc1ccc2cccc(CC(NN)C(C)(C)C)c2c1. The average molecular weight is 272 g/mol. The van der Waals surface area contributed by atoms with Crippen LogP contribution in [0.2, 0.25) is 0 Å². The molecule has 2 aromatic rings. The highest BCUT2D eigenvalue weighted by Gasteiger charge is 2.24. The molecular formula is C17H24N2O. The van der Waals surface area contributed by atoms with E-state index in [0.29, 0.717) is 0 Å². The van der Waals surface area contributed by atoms with Crippen molar-refractivity contribution < 1.29 is 4.74 Å². The fourth-order valence-electron chi connectivity index (χ4n) is 2.46. The van der Waals surface area contributed by atoms with Gasteiger partial charge in [0.2, 0.25) is 0 Å². The Morgan fingerprint density at radius 3 is 2.55 bits per heavy atom. The molecule has 2 rings (SSSR count). The van der Waals surface area contributed by atoms with E-state index in [1.807, 2.05) is 6.07 Å². The predicted octanol–water partition coefficient (Wildman–Crippen LogP) is 3.27. The van der Waals surface area contributed by atoms with Gasteiger partial charge in [0.05, 0.1) is 7.11 Å². The van der Waals surface area contributed by atoms with E-state index >= 15 is 0 Å². The van der Waals surface area contributed by atoms with Crippen LogP contribution in [0.3, 0.4) is 0 Å². The Labute approximate surface area is 121 Å². The molecule has 20 heavy (non-hydrogen) atoms. The predicted molar refractivity (Wildman–Crippen MR) is 84.8 cm³/mol. The van der Waals surface area contributed by atoms with Crippen molar-refractivity contribution in [1.82, 2.24) is 5.43 Å². The van der Waals surface area contributed by atoms with E-state index in [1.165, 1.54) is 16.3 Å². The zero-order chi connectivity index (χ0) is 14.8. The van der Waals surface area contributed by atoms with E-state index in [-0.39, 0.29) is 11.5 Å². The monoisotopic (exact) mass is 272 g/mol. The summed E-state index contributed by atoms with van der Waals surface area (Å²) in [5.41, 5.74) is 4.35. The lowest BCUT2D eigenvalue weighted by Crippen LogP contribution is -2.45. The first-order valence-corrected chi connectivity index (χ1v) is 6.97. The lowest BCUT2D eigenvalue weighted by atomic mass is 9.82. The normalized spacial score (nSPS) is 13.4. The number of fused-ring (bicyclic) bond motifs is 1. The first kappa shape index (κ1) is 14.8. The van der Waals surface area contributed by atoms with Crippen LogP contribution in [0, 0.1) is 5.41 Å². The van der Waals surface area contributed by atoms with Crippen LogP contribution in [0.4, 0.5) is 0 Å². The van der Waals surface area contributed by atoms with Gasteiger partial charge in [-0.05, 0) is 40.3 Å². The summed E-state index contributed by atoms with van der Waals surface area (Å²) in [7, 11) is 1.70. The molecule has 0 aliphatic carbocycles. The molecule has 108 valence electrons. The van der Waals surface area contributed by atoms with Gasteiger partial charge in [0, 0.05) is 6.04 Å². The van der Waals surface area contributed by atoms with Gasteiger partial charge in [0.25, 0.3) is 0 Å². The van der Waals surface area contributed by atoms with Crippen molar-refractivity contribution >= 4 is 10.8 Å². The second-order valence-corrected chi connectivity index (χ2v) is 6.29. The molecule has 3 nitrogen and oxygen atoms in total. The zero-order valence-corrected chi connectivity index (χ0v) is 12.7. The Morgan fingerprint density at radius 1 is 1.20 bits per heavy atom. The lowest BCUT2D eigenvalue weighted by molar-refractivity contribution is 0.269. The van der Waals surface area contributed by atoms with Crippen molar-refractivity contribution in [2.24, 2.45) is 11.3 Å². The van der Waals surface area contributed by atoms with Crippen LogP contribution in [-0.4, -0.2) is 13.2 Å². The minimum Gasteiger partial charge on any atom is -0.497 e. The molecule has 0 aliphatic heterocycles. The Balaban J connectivity index is 2.43. The summed E-state index contributed by atoms with van der Waals surface area (Å²) in [6.45, 7) is 6.59. The van der Waals surface area contributed by atoms with Crippen molar-refractivity contribution in [3.8, 4) is 5.75 Å². The molecule has 0 saturated carbocycles. The number of nitrogens with two attached hydrogens (primary N) is 1. The van der Waals surface area contributed by atoms with Crippen molar-refractivity contribution in [3.05, 3.63) is 42.0 Å². The summed E-state index contributed by atoms with van der Waals surface area (Å²) in [5, 5.41) is 2.46. The summed E-state index contributed by atoms with van der Waals surface area (Å²) >= 11 is 0. The molecule has 0 aliphatic rings. The van der Waals surface area contributed by atoms with Crippen LogP contribution in [0.1, 0.15) is 26.3 Å². The zero-order valence-electron chi connectivity index (χ0n) is 12.7. The number of benzene rings is 2. The minimum absolute atomic E-state index is 0.107. The van der Waals surface area contributed by atoms with Gasteiger partial charge in [-0.2, -0.15) is 0 Å². The van der Waals surface area contributed by atoms with Crippen LogP contribution in [0.15, 0.2) is 36.4 Å². The molecule has 0 fully saturated rings. The van der Waals surface area contributed by atoms with Crippen LogP contribution in [0.25, 0.3) is 10.8 Å². The molecule has 3 heteroatoms. The molecule has 0 amide bonds. The molecule has 2 aromatic carbocycles. The molecule has 0 radical (unpaired) electrons. The topological polar surface area (TPSA) is 47.3 Å². The van der Waals surface area contributed by atoms with Crippen LogP contribution >= 0.6 is 0 Å². The second kappa shape index (κ2) is 5.81. The third kappa shape index (κ3) is 3.11. The van der Waals surface area contributed by atoms with Crippen LogP contribution in [0.5, 0.6) is 5.75 Å². The minimum atomic E-state index is 0.107. The fraction of sp³-hybridized carbons (Fsp3) is 0.412. The summed E-state index contributed by atoms with van der Waals surface area (Å²) in [6.07, 6.45) is 0.893. The molecule has 3 N–H and O–H groups in total. The molecule has 0 aromatic heterocycles. The highest BCUT2D eigenvalue weighted by atomic mass is 16.5. The highest BCUT2D eigenvalue weighted by molar-refractivity contribution is 5.87. The number of methoxy groups -OCH3 is 1. The van der Waals surface area contributed by atoms with Gasteiger partial charge < -0.3 is 4.74 Å². The Bertz CT molecular complexity index is 587. The maximum atomic E-state index is 5.73. The summed E-state index contributed by atoms with van der Waals surface area (Å²) in [4.78, 5) is 0. The Morgan fingerprint density at radius 2 is 1.95 bits per heavy atom. The third-order valence-corrected chi connectivity index (χ3v) is 3.85. The molecule has 0 spiro atoms. The van der Waals surface area contributed by atoms with E-state index < -0.39 is 0 Å².